The molecular weight excluding hydrogens is 433 g/mol. The van der Waals surface area contributed by atoms with Crippen molar-refractivity contribution >= 4 is 46.4 Å². The van der Waals surface area contributed by atoms with Crippen LogP contribution in [-0.2, 0) is 6.42 Å². The summed E-state index contributed by atoms with van der Waals surface area (Å²) in [6.45, 7) is 1.95. The van der Waals surface area contributed by atoms with Crippen molar-refractivity contribution in [1.29, 1.82) is 0 Å². The van der Waals surface area contributed by atoms with Gasteiger partial charge in [-0.1, -0.05) is 53.5 Å². The third-order valence-corrected chi connectivity index (χ3v) is 5.39. The Morgan fingerprint density at radius 2 is 1.52 bits per heavy atom. The summed E-state index contributed by atoms with van der Waals surface area (Å²) in [4.78, 5) is 25.1. The highest BCUT2D eigenvalue weighted by Crippen LogP contribution is 2.25. The summed E-state index contributed by atoms with van der Waals surface area (Å²) in [5, 5.41) is 9.45. The summed E-state index contributed by atoms with van der Waals surface area (Å²) in [7, 11) is 1.79. The summed E-state index contributed by atoms with van der Waals surface area (Å²) in [5.74, 6) is -0.495. The van der Waals surface area contributed by atoms with E-state index in [0.717, 1.165) is 11.3 Å². The standard InChI is InChI=1S/C24H23Cl2N3O2/c1-15(28-23(30)18-6-3-4-9-21(18)27-2)14-16-10-12-17(13-11-16)29-24(31)22-19(25)7-5-8-20(22)26/h3-13,15,27H,14H2,1-2H3,(H,28,30)(H,29,31). The van der Waals surface area contributed by atoms with E-state index in [1.165, 1.54) is 0 Å². The Bertz CT molecular complexity index is 1060. The van der Waals surface area contributed by atoms with E-state index in [2.05, 4.69) is 16.0 Å². The molecule has 0 spiro atoms. The Balaban J connectivity index is 1.60. The number of rotatable bonds is 7. The minimum Gasteiger partial charge on any atom is -0.387 e. The van der Waals surface area contributed by atoms with Crippen molar-refractivity contribution in [3.05, 3.63) is 93.5 Å². The number of carbonyl (C=O) groups excluding carboxylic acids is 2. The van der Waals surface area contributed by atoms with Gasteiger partial charge in [-0.05, 0) is 55.3 Å². The van der Waals surface area contributed by atoms with E-state index in [0.29, 0.717) is 27.7 Å². The lowest BCUT2D eigenvalue weighted by Gasteiger charge is -2.16. The smallest absolute Gasteiger partial charge is 0.258 e. The Labute approximate surface area is 191 Å². The van der Waals surface area contributed by atoms with Gasteiger partial charge >= 0.3 is 0 Å². The molecule has 0 aromatic heterocycles. The first-order chi connectivity index (χ1) is 14.9. The van der Waals surface area contributed by atoms with E-state index in [4.69, 9.17) is 23.2 Å². The SMILES string of the molecule is CNc1ccccc1C(=O)NC(C)Cc1ccc(NC(=O)c2c(Cl)cccc2Cl)cc1. The van der Waals surface area contributed by atoms with E-state index in [-0.39, 0.29) is 23.4 Å². The van der Waals surface area contributed by atoms with Crippen LogP contribution in [0.2, 0.25) is 10.0 Å². The van der Waals surface area contributed by atoms with Gasteiger partial charge in [-0.25, -0.2) is 0 Å². The molecule has 3 aromatic carbocycles. The van der Waals surface area contributed by atoms with E-state index in [1.54, 1.807) is 31.3 Å². The van der Waals surface area contributed by atoms with Crippen LogP contribution in [0.15, 0.2) is 66.7 Å². The molecule has 0 saturated carbocycles. The first-order valence-electron chi connectivity index (χ1n) is 9.81. The van der Waals surface area contributed by atoms with Crippen molar-refractivity contribution in [2.45, 2.75) is 19.4 Å². The van der Waals surface area contributed by atoms with Crippen LogP contribution in [0.4, 0.5) is 11.4 Å². The average molecular weight is 456 g/mol. The Morgan fingerprint density at radius 1 is 0.871 bits per heavy atom. The van der Waals surface area contributed by atoms with Gasteiger partial charge in [0.1, 0.15) is 0 Å². The van der Waals surface area contributed by atoms with Gasteiger partial charge in [0, 0.05) is 24.5 Å². The molecule has 0 saturated heterocycles. The zero-order chi connectivity index (χ0) is 22.4. The maximum absolute atomic E-state index is 12.6. The van der Waals surface area contributed by atoms with Crippen molar-refractivity contribution in [3.63, 3.8) is 0 Å². The van der Waals surface area contributed by atoms with Gasteiger partial charge in [-0.2, -0.15) is 0 Å². The average Bonchev–Trinajstić information content (AvgIpc) is 2.75. The fourth-order valence-electron chi connectivity index (χ4n) is 3.24. The number of para-hydroxylation sites is 1. The molecule has 0 aliphatic heterocycles. The van der Waals surface area contributed by atoms with Crippen LogP contribution in [0.3, 0.4) is 0 Å². The molecule has 0 fully saturated rings. The Kier molecular flexibility index (Phi) is 7.55. The van der Waals surface area contributed by atoms with Crippen molar-refractivity contribution in [2.75, 3.05) is 17.7 Å². The number of anilines is 2. The molecule has 0 radical (unpaired) electrons. The molecule has 7 heteroatoms. The Morgan fingerprint density at radius 3 is 2.16 bits per heavy atom. The zero-order valence-electron chi connectivity index (χ0n) is 17.2. The second kappa shape index (κ2) is 10.3. The van der Waals surface area contributed by atoms with Crippen molar-refractivity contribution in [3.8, 4) is 0 Å². The predicted molar refractivity (Wildman–Crippen MR) is 127 cm³/mol. The summed E-state index contributed by atoms with van der Waals surface area (Å²) < 4.78 is 0. The molecular formula is C24H23Cl2N3O2. The van der Waals surface area contributed by atoms with Crippen LogP contribution in [-0.4, -0.2) is 24.9 Å². The molecule has 3 N–H and O–H groups in total. The summed E-state index contributed by atoms with van der Waals surface area (Å²) >= 11 is 12.2. The third kappa shape index (κ3) is 5.78. The first-order valence-corrected chi connectivity index (χ1v) is 10.6. The fourth-order valence-corrected chi connectivity index (χ4v) is 3.81. The fraction of sp³-hybridized carbons (Fsp3) is 0.167. The van der Waals surface area contributed by atoms with Crippen molar-refractivity contribution in [2.24, 2.45) is 0 Å². The lowest BCUT2D eigenvalue weighted by Crippen LogP contribution is -2.34. The van der Waals surface area contributed by atoms with Gasteiger partial charge in [-0.3, -0.25) is 9.59 Å². The second-order valence-corrected chi connectivity index (χ2v) is 7.94. The summed E-state index contributed by atoms with van der Waals surface area (Å²) in [6, 6.07) is 19.7. The minimum atomic E-state index is -0.368. The van der Waals surface area contributed by atoms with Gasteiger partial charge in [0.05, 0.1) is 21.2 Å². The molecule has 0 aliphatic carbocycles. The molecule has 3 rings (SSSR count). The molecule has 2 amide bonds. The van der Waals surface area contributed by atoms with Gasteiger partial charge in [0.25, 0.3) is 11.8 Å². The van der Waals surface area contributed by atoms with Crippen LogP contribution in [0.5, 0.6) is 0 Å². The molecule has 5 nitrogen and oxygen atoms in total. The molecule has 160 valence electrons. The van der Waals surface area contributed by atoms with Gasteiger partial charge < -0.3 is 16.0 Å². The highest BCUT2D eigenvalue weighted by atomic mass is 35.5. The highest BCUT2D eigenvalue weighted by Gasteiger charge is 2.15. The zero-order valence-corrected chi connectivity index (χ0v) is 18.7. The molecule has 0 heterocycles. The quantitative estimate of drug-likeness (QED) is 0.431. The number of amides is 2. The van der Waals surface area contributed by atoms with E-state index in [1.807, 2.05) is 49.4 Å². The molecule has 31 heavy (non-hydrogen) atoms. The van der Waals surface area contributed by atoms with E-state index < -0.39 is 0 Å². The van der Waals surface area contributed by atoms with Crippen molar-refractivity contribution in [1.82, 2.24) is 5.32 Å². The molecule has 1 atom stereocenters. The first kappa shape index (κ1) is 22.7. The number of nitrogens with one attached hydrogen (secondary N) is 3. The molecule has 0 aliphatic rings. The number of hydrogen-bond donors (Lipinski definition) is 3. The third-order valence-electron chi connectivity index (χ3n) is 4.76. The molecule has 1 unspecified atom stereocenters. The van der Waals surface area contributed by atoms with Crippen LogP contribution in [0, 0.1) is 0 Å². The lowest BCUT2D eigenvalue weighted by molar-refractivity contribution is 0.0940. The highest BCUT2D eigenvalue weighted by molar-refractivity contribution is 6.40. The van der Waals surface area contributed by atoms with Crippen LogP contribution >= 0.6 is 23.2 Å². The number of carbonyl (C=O) groups is 2. The molecule has 0 bridgehead atoms. The molecule has 3 aromatic rings. The largest absolute Gasteiger partial charge is 0.387 e. The van der Waals surface area contributed by atoms with E-state index >= 15 is 0 Å². The summed E-state index contributed by atoms with van der Waals surface area (Å²) in [5.41, 5.74) is 3.29. The predicted octanol–water partition coefficient (Wildman–Crippen LogP) is 5.65. The van der Waals surface area contributed by atoms with Crippen LogP contribution in [0.25, 0.3) is 0 Å². The maximum Gasteiger partial charge on any atom is 0.258 e. The number of hydrogen-bond acceptors (Lipinski definition) is 3. The Hall–Kier alpha value is -3.02. The normalized spacial score (nSPS) is 11.5. The maximum atomic E-state index is 12.6. The van der Waals surface area contributed by atoms with E-state index in [9.17, 15) is 9.59 Å². The summed E-state index contributed by atoms with van der Waals surface area (Å²) in [6.07, 6.45) is 0.651. The second-order valence-electron chi connectivity index (χ2n) is 7.12. The van der Waals surface area contributed by atoms with Crippen LogP contribution in [0.1, 0.15) is 33.2 Å². The van der Waals surface area contributed by atoms with Crippen molar-refractivity contribution < 1.29 is 9.59 Å². The van der Waals surface area contributed by atoms with Crippen LogP contribution < -0.4 is 16.0 Å². The monoisotopic (exact) mass is 455 g/mol. The number of benzene rings is 3. The minimum absolute atomic E-state index is 0.0696. The van der Waals surface area contributed by atoms with Gasteiger partial charge in [-0.15, -0.1) is 0 Å². The van der Waals surface area contributed by atoms with Gasteiger partial charge in [0.15, 0.2) is 0 Å². The van der Waals surface area contributed by atoms with Gasteiger partial charge in [0.2, 0.25) is 0 Å². The number of halogens is 2. The topological polar surface area (TPSA) is 70.2 Å². The lowest BCUT2D eigenvalue weighted by atomic mass is 10.1.